The number of aromatic nitrogens is 2. The van der Waals surface area contributed by atoms with Gasteiger partial charge in [0.25, 0.3) is 5.91 Å². The highest BCUT2D eigenvalue weighted by atomic mass is 35.5. The maximum absolute atomic E-state index is 13.2. The van der Waals surface area contributed by atoms with Crippen LogP contribution in [0.4, 0.5) is 11.4 Å². The predicted octanol–water partition coefficient (Wildman–Crippen LogP) is 4.70. The van der Waals surface area contributed by atoms with Crippen LogP contribution < -0.4 is 5.32 Å². The van der Waals surface area contributed by atoms with Crippen LogP contribution in [-0.4, -0.2) is 47.1 Å². The molecule has 3 aromatic rings. The minimum Gasteiger partial charge on any atom is -0.378 e. The lowest BCUT2D eigenvalue weighted by Crippen LogP contribution is -2.41. The van der Waals surface area contributed by atoms with Gasteiger partial charge in [0.1, 0.15) is 0 Å². The van der Waals surface area contributed by atoms with Gasteiger partial charge < -0.3 is 15.0 Å². The highest BCUT2D eigenvalue weighted by Crippen LogP contribution is 2.30. The highest BCUT2D eigenvalue weighted by molar-refractivity contribution is 6.07. The average molecular weight is 427 g/mol. The third kappa shape index (κ3) is 4.55. The summed E-state index contributed by atoms with van der Waals surface area (Å²) in [7, 11) is 0. The highest BCUT2D eigenvalue weighted by Gasteiger charge is 2.23. The number of morpholine rings is 1. The molecule has 30 heavy (non-hydrogen) atoms. The van der Waals surface area contributed by atoms with E-state index in [-0.39, 0.29) is 18.3 Å². The summed E-state index contributed by atoms with van der Waals surface area (Å²) in [5.41, 5.74) is 5.03. The van der Waals surface area contributed by atoms with Gasteiger partial charge in [-0.15, -0.1) is 12.4 Å². The number of ether oxygens (including phenoxy) is 1. The summed E-state index contributed by atoms with van der Waals surface area (Å²) in [4.78, 5) is 24.1. The standard InChI is InChI=1S/C23H26N4O2.ClH/c1-15(2)17-5-7-18(8-6-17)26-21-19-9-4-16(3)25-22(19)24-14-20(21)23(28)27-10-12-29-13-11-27;/h4-9,14-15H,10-13H2,1-3H3,(H,24,25,26);1H. The first-order valence-electron chi connectivity index (χ1n) is 10.0. The first-order valence-corrected chi connectivity index (χ1v) is 10.0. The zero-order valence-electron chi connectivity index (χ0n) is 17.5. The normalized spacial score (nSPS) is 13.9. The van der Waals surface area contributed by atoms with Crippen LogP contribution in [0.1, 0.15) is 41.4 Å². The van der Waals surface area contributed by atoms with Crippen LogP contribution in [-0.2, 0) is 4.74 Å². The van der Waals surface area contributed by atoms with Crippen molar-refractivity contribution in [2.75, 3.05) is 31.6 Å². The lowest BCUT2D eigenvalue weighted by Gasteiger charge is -2.27. The molecule has 0 radical (unpaired) electrons. The summed E-state index contributed by atoms with van der Waals surface area (Å²) in [6.45, 7) is 8.58. The predicted molar refractivity (Wildman–Crippen MR) is 122 cm³/mol. The van der Waals surface area contributed by atoms with Crippen LogP contribution in [0.5, 0.6) is 0 Å². The minimum atomic E-state index is -0.0374. The summed E-state index contributed by atoms with van der Waals surface area (Å²) in [5.74, 6) is 0.431. The van der Waals surface area contributed by atoms with Crippen LogP contribution in [0.15, 0.2) is 42.6 Å². The van der Waals surface area contributed by atoms with Crippen molar-refractivity contribution in [2.24, 2.45) is 0 Å². The summed E-state index contributed by atoms with van der Waals surface area (Å²) < 4.78 is 5.39. The molecule has 2 aromatic heterocycles. The van der Waals surface area contributed by atoms with E-state index < -0.39 is 0 Å². The second-order valence-electron chi connectivity index (χ2n) is 7.68. The molecule has 0 bridgehead atoms. The average Bonchev–Trinajstić information content (AvgIpc) is 2.74. The van der Waals surface area contributed by atoms with Gasteiger partial charge in [-0.2, -0.15) is 0 Å². The SMILES string of the molecule is Cc1ccc2c(Nc3ccc(C(C)C)cc3)c(C(=O)N3CCOCC3)cnc2n1.Cl. The van der Waals surface area contributed by atoms with E-state index in [1.165, 1.54) is 5.56 Å². The summed E-state index contributed by atoms with van der Waals surface area (Å²) in [5, 5.41) is 4.30. The molecule has 1 fully saturated rings. The van der Waals surface area contributed by atoms with Crippen molar-refractivity contribution < 1.29 is 9.53 Å². The van der Waals surface area contributed by atoms with Crippen molar-refractivity contribution >= 4 is 40.7 Å². The molecule has 0 spiro atoms. The third-order valence-electron chi connectivity index (χ3n) is 5.24. The quantitative estimate of drug-likeness (QED) is 0.654. The van der Waals surface area contributed by atoms with Crippen LogP contribution in [0.3, 0.4) is 0 Å². The molecular formula is C23H27ClN4O2. The van der Waals surface area contributed by atoms with Gasteiger partial charge >= 0.3 is 0 Å². The summed E-state index contributed by atoms with van der Waals surface area (Å²) in [6.07, 6.45) is 1.64. The zero-order chi connectivity index (χ0) is 20.4. The van der Waals surface area contributed by atoms with Gasteiger partial charge in [0, 0.05) is 36.1 Å². The Morgan fingerprint density at radius 3 is 2.47 bits per heavy atom. The molecule has 6 nitrogen and oxygen atoms in total. The number of rotatable bonds is 4. The van der Waals surface area contributed by atoms with E-state index in [0.717, 1.165) is 22.5 Å². The number of benzene rings is 1. The van der Waals surface area contributed by atoms with E-state index >= 15 is 0 Å². The molecule has 0 unspecified atom stereocenters. The Labute approximate surface area is 183 Å². The lowest BCUT2D eigenvalue weighted by atomic mass is 10.0. The molecule has 3 heterocycles. The van der Waals surface area contributed by atoms with E-state index in [1.807, 2.05) is 36.1 Å². The maximum atomic E-state index is 13.2. The van der Waals surface area contributed by atoms with Gasteiger partial charge in [-0.05, 0) is 42.7 Å². The van der Waals surface area contributed by atoms with Gasteiger partial charge in [-0.25, -0.2) is 9.97 Å². The topological polar surface area (TPSA) is 67.4 Å². The van der Waals surface area contributed by atoms with Gasteiger partial charge in [-0.3, -0.25) is 4.79 Å². The number of carbonyl (C=O) groups is 1. The number of carbonyl (C=O) groups excluding carboxylic acids is 1. The number of aryl methyl sites for hydroxylation is 1. The number of halogens is 1. The number of hydrogen-bond donors (Lipinski definition) is 1. The van der Waals surface area contributed by atoms with Crippen molar-refractivity contribution in [3.63, 3.8) is 0 Å². The molecule has 0 atom stereocenters. The monoisotopic (exact) mass is 426 g/mol. The van der Waals surface area contributed by atoms with E-state index in [4.69, 9.17) is 4.74 Å². The Kier molecular flexibility index (Phi) is 6.90. The van der Waals surface area contributed by atoms with Crippen molar-refractivity contribution in [1.82, 2.24) is 14.9 Å². The number of nitrogens with one attached hydrogen (secondary N) is 1. The van der Waals surface area contributed by atoms with E-state index in [1.54, 1.807) is 6.20 Å². The Bertz CT molecular complexity index is 1030. The number of nitrogens with zero attached hydrogens (tertiary/aromatic N) is 3. The van der Waals surface area contributed by atoms with Crippen LogP contribution in [0.2, 0.25) is 0 Å². The molecule has 1 N–H and O–H groups in total. The fourth-order valence-corrected chi connectivity index (χ4v) is 3.50. The number of fused-ring (bicyclic) bond motifs is 1. The number of anilines is 2. The molecule has 4 rings (SSSR count). The lowest BCUT2D eigenvalue weighted by molar-refractivity contribution is 0.0303. The molecule has 7 heteroatoms. The van der Waals surface area contributed by atoms with E-state index in [2.05, 4.69) is 41.3 Å². The molecule has 1 amide bonds. The van der Waals surface area contributed by atoms with Gasteiger partial charge in [0.2, 0.25) is 0 Å². The Balaban J connectivity index is 0.00000256. The first-order chi connectivity index (χ1) is 14.0. The molecule has 0 aliphatic carbocycles. The zero-order valence-corrected chi connectivity index (χ0v) is 18.3. The molecule has 158 valence electrons. The molecule has 1 saturated heterocycles. The third-order valence-corrected chi connectivity index (χ3v) is 5.24. The van der Waals surface area contributed by atoms with Crippen LogP contribution in [0.25, 0.3) is 11.0 Å². The fraction of sp³-hybridized carbons (Fsp3) is 0.348. The molecular weight excluding hydrogens is 400 g/mol. The summed E-state index contributed by atoms with van der Waals surface area (Å²) in [6, 6.07) is 12.2. The van der Waals surface area contributed by atoms with Crippen LogP contribution >= 0.6 is 12.4 Å². The number of pyridine rings is 2. The van der Waals surface area contributed by atoms with E-state index in [0.29, 0.717) is 43.4 Å². The second kappa shape index (κ2) is 9.41. The Morgan fingerprint density at radius 1 is 1.10 bits per heavy atom. The fourth-order valence-electron chi connectivity index (χ4n) is 3.50. The number of amides is 1. The first kappa shape index (κ1) is 22.0. The van der Waals surface area contributed by atoms with Gasteiger partial charge in [0.15, 0.2) is 5.65 Å². The van der Waals surface area contributed by atoms with Crippen molar-refractivity contribution in [2.45, 2.75) is 26.7 Å². The van der Waals surface area contributed by atoms with Gasteiger partial charge in [0.05, 0.1) is 24.5 Å². The van der Waals surface area contributed by atoms with Crippen LogP contribution in [0, 0.1) is 6.92 Å². The Morgan fingerprint density at radius 2 is 1.80 bits per heavy atom. The van der Waals surface area contributed by atoms with E-state index in [9.17, 15) is 4.79 Å². The van der Waals surface area contributed by atoms with Crippen molar-refractivity contribution in [3.05, 3.63) is 59.4 Å². The molecule has 0 saturated carbocycles. The maximum Gasteiger partial charge on any atom is 0.257 e. The van der Waals surface area contributed by atoms with Gasteiger partial charge in [-0.1, -0.05) is 26.0 Å². The molecule has 1 aliphatic rings. The minimum absolute atomic E-state index is 0. The second-order valence-corrected chi connectivity index (χ2v) is 7.68. The molecule has 1 aromatic carbocycles. The van der Waals surface area contributed by atoms with Crippen molar-refractivity contribution in [3.8, 4) is 0 Å². The molecule has 1 aliphatic heterocycles. The Hall–Kier alpha value is -2.70. The number of hydrogen-bond acceptors (Lipinski definition) is 5. The largest absolute Gasteiger partial charge is 0.378 e. The smallest absolute Gasteiger partial charge is 0.257 e. The van der Waals surface area contributed by atoms with Crippen molar-refractivity contribution in [1.29, 1.82) is 0 Å². The summed E-state index contributed by atoms with van der Waals surface area (Å²) >= 11 is 0.